The Morgan fingerprint density at radius 3 is 1.21 bits per heavy atom. The van der Waals surface area contributed by atoms with Crippen LogP contribution in [0.1, 0.15) is 11.1 Å². The predicted molar refractivity (Wildman–Crippen MR) is 332 cm³/mol. The summed E-state index contributed by atoms with van der Waals surface area (Å²) in [6, 6.07) is 68.6. The third kappa shape index (κ3) is 16.4. The van der Waals surface area contributed by atoms with Gasteiger partial charge in [0.05, 0.1) is 60.1 Å². The first-order chi connectivity index (χ1) is 36.8. The normalized spacial score (nSPS) is 11.4. The first-order valence-electron chi connectivity index (χ1n) is 25.0. The number of hydrogen-bond acceptors (Lipinski definition) is 11. The molecule has 1 saturated heterocycles. The quantitative estimate of drug-likeness (QED) is 0.0267. The van der Waals surface area contributed by atoms with E-state index in [9.17, 15) is 5.02 Å². The topological polar surface area (TPSA) is 112 Å². The molecule has 0 aromatic heterocycles. The minimum absolute atomic E-state index is 0.0429. The maximum absolute atomic E-state index is 9.94. The molecule has 0 amide bonds. The van der Waals surface area contributed by atoms with Crippen molar-refractivity contribution in [2.45, 2.75) is 46.9 Å². The first-order valence-corrected chi connectivity index (χ1v) is 30.0. The van der Waals surface area contributed by atoms with Crippen LogP contribution in [0.5, 0.6) is 0 Å². The zero-order valence-electron chi connectivity index (χ0n) is 43.9. The third-order valence-electron chi connectivity index (χ3n) is 11.7. The summed E-state index contributed by atoms with van der Waals surface area (Å²) in [4.78, 5) is 5.01. The van der Waals surface area contributed by atoms with Crippen molar-refractivity contribution in [2.75, 3.05) is 32.2 Å². The fourth-order valence-electron chi connectivity index (χ4n) is 7.85. The molecule has 8 aromatic carbocycles. The Labute approximate surface area is 469 Å². The van der Waals surface area contributed by atoms with Gasteiger partial charge >= 0.3 is 36.5 Å². The molecule has 0 unspecified atom stereocenters. The summed E-state index contributed by atoms with van der Waals surface area (Å²) in [7, 11) is 2.97. The lowest BCUT2D eigenvalue weighted by Crippen LogP contribution is -2.42. The fourth-order valence-corrected chi connectivity index (χ4v) is 9.55. The molecule has 0 aliphatic carbocycles. The average Bonchev–Trinajstić information content (AvgIpc) is 4.28. The molecule has 8 aromatic rings. The Morgan fingerprint density at radius 1 is 0.539 bits per heavy atom. The summed E-state index contributed by atoms with van der Waals surface area (Å²) in [5.74, 6) is 0. The molecule has 381 valence electrons. The highest BCUT2D eigenvalue weighted by Gasteiger charge is 2.41. The molecular weight excluding hydrogens is 1090 g/mol. The smallest absolute Gasteiger partial charge is 0.429 e. The van der Waals surface area contributed by atoms with E-state index in [2.05, 4.69) is 100 Å². The van der Waals surface area contributed by atoms with Crippen LogP contribution in [0.3, 0.4) is 0 Å². The number of anilines is 8. The molecule has 1 aliphatic heterocycles. The van der Waals surface area contributed by atoms with Crippen LogP contribution in [0.15, 0.2) is 220 Å². The minimum atomic E-state index is -1.35. The Morgan fingerprint density at radius 2 is 0.868 bits per heavy atom. The van der Waals surface area contributed by atoms with Gasteiger partial charge < -0.3 is 34.4 Å². The van der Waals surface area contributed by atoms with Crippen molar-refractivity contribution in [1.82, 2.24) is 0 Å². The maximum atomic E-state index is 9.94. The Hall–Kier alpha value is -6.27. The predicted octanol–water partition coefficient (Wildman–Crippen LogP) is 14.1. The molecule has 0 bridgehead atoms. The van der Waals surface area contributed by atoms with E-state index in [0.717, 1.165) is 77.0 Å². The van der Waals surface area contributed by atoms with Crippen molar-refractivity contribution in [3.8, 4) is 0 Å². The van der Waals surface area contributed by atoms with Crippen LogP contribution in [0.2, 0.25) is 46.9 Å². The van der Waals surface area contributed by atoms with Crippen LogP contribution in [0, 0.1) is 0 Å². The van der Waals surface area contributed by atoms with E-state index in [1.807, 2.05) is 188 Å². The summed E-state index contributed by atoms with van der Waals surface area (Å²) in [5, 5.41) is 16.7. The summed E-state index contributed by atoms with van der Waals surface area (Å²) < 4.78 is 26.3. The average molecular weight is 1150 g/mol. The second-order valence-corrected chi connectivity index (χ2v) is 25.2. The molecule has 1 aliphatic rings. The fraction of sp³-hybridized carbons (Fsp3) is 0.140. The van der Waals surface area contributed by atoms with Gasteiger partial charge in [-0.15, -0.1) is 0 Å². The lowest BCUT2D eigenvalue weighted by atomic mass is 9.72. The number of hydrogen-bond donors (Lipinski definition) is 2. The van der Waals surface area contributed by atoms with Gasteiger partial charge in [0.2, 0.25) is 0 Å². The van der Waals surface area contributed by atoms with Gasteiger partial charge in [0, 0.05) is 31.4 Å². The molecule has 11 nitrogen and oxygen atoms in total. The SMILES string of the molecule is C[B]ON(c1ccc(Br)cc1)c1ccc(N(B(C)O)B2CO2)cc1.C[B]ON(c1ccc(N)cc1)c1ccc(Br)cc1.C[B]ON(c1ccc(N=C(c2ccccc2)c2ccccc2)cc1)c1ccc([Si](C)(C)C)cc1. The molecule has 3 radical (unpaired) electrons. The summed E-state index contributed by atoms with van der Waals surface area (Å²) in [6.45, 7) is 15.0. The summed E-state index contributed by atoms with van der Waals surface area (Å²) in [6.07, 6.45) is 0. The number of aliphatic imine (C=N–C) groups is 1. The molecule has 1 fully saturated rings. The van der Waals surface area contributed by atoms with Crippen LogP contribution in [0.4, 0.5) is 51.2 Å². The van der Waals surface area contributed by atoms with E-state index in [0.29, 0.717) is 6.51 Å². The van der Waals surface area contributed by atoms with Crippen molar-refractivity contribution in [2.24, 2.45) is 4.99 Å². The van der Waals surface area contributed by atoms with Gasteiger partial charge in [-0.25, -0.2) is 20.2 Å². The van der Waals surface area contributed by atoms with Gasteiger partial charge in [0.1, 0.15) is 0 Å². The summed E-state index contributed by atoms with van der Waals surface area (Å²) in [5.41, 5.74) is 17.0. The molecular formula is C57H60B5Br2N6O5Si. The van der Waals surface area contributed by atoms with E-state index in [-0.39, 0.29) is 7.05 Å². The van der Waals surface area contributed by atoms with E-state index in [1.165, 1.54) is 5.19 Å². The second kappa shape index (κ2) is 28.2. The monoisotopic (exact) mass is 1150 g/mol. The first kappa shape index (κ1) is 57.4. The molecule has 1 heterocycles. The van der Waals surface area contributed by atoms with Crippen LogP contribution >= 0.6 is 31.9 Å². The Balaban J connectivity index is 0.000000175. The van der Waals surface area contributed by atoms with Gasteiger partial charge in [-0.3, -0.25) is 0 Å². The highest BCUT2D eigenvalue weighted by atomic mass is 79.9. The van der Waals surface area contributed by atoms with E-state index in [4.69, 9.17) is 29.6 Å². The Kier molecular flexibility index (Phi) is 21.3. The molecule has 0 spiro atoms. The molecule has 76 heavy (non-hydrogen) atoms. The lowest BCUT2D eigenvalue weighted by Gasteiger charge is -2.26. The number of benzene rings is 8. The number of halogens is 2. The maximum Gasteiger partial charge on any atom is 0.429 e. The van der Waals surface area contributed by atoms with Crippen molar-refractivity contribution >= 4 is 139 Å². The lowest BCUT2D eigenvalue weighted by molar-refractivity contribution is 0.346. The number of nitrogens with zero attached hydrogens (tertiary/aromatic N) is 5. The molecule has 3 N–H and O–H groups in total. The van der Waals surface area contributed by atoms with Crippen molar-refractivity contribution in [3.63, 3.8) is 0 Å². The minimum Gasteiger partial charge on any atom is -0.433 e. The largest absolute Gasteiger partial charge is 0.433 e. The highest BCUT2D eigenvalue weighted by molar-refractivity contribution is 9.10. The van der Waals surface area contributed by atoms with E-state index in [1.54, 1.807) is 39.4 Å². The number of nitrogen functional groups attached to an aromatic ring is 1. The Bertz CT molecular complexity index is 2940. The standard InChI is InChI=1S/C29H30BN2OSi.C15H17B3BrN2O3.C13H13BBrN2O/c1-30-33-32(27-19-21-28(22-20-27)34(2,3)4)26-17-15-25(16-18-26)31-29(23-11-7-5-8-12-23)24-13-9-6-10-14-24;1-16-24-20(13-5-3-12(19)4-6-13)14-7-9-15(10-8-14)21(17(2)22)18-11-23-18;1-14-18-17(12-6-2-10(15)3-7-12)13-8-4-11(16)5-9-13/h5-22H,1-4H3;3-10,22H,11H2,1-2H3;2-9H,16H2,1H3. The van der Waals surface area contributed by atoms with Crippen molar-refractivity contribution in [1.29, 1.82) is 0 Å². The molecule has 0 atom stereocenters. The molecule has 9 rings (SSSR count). The van der Waals surface area contributed by atoms with Crippen LogP contribution < -0.4 is 30.8 Å². The van der Waals surface area contributed by atoms with Gasteiger partial charge in [-0.2, -0.15) is 0 Å². The van der Waals surface area contributed by atoms with Gasteiger partial charge in [-0.1, -0.05) is 150 Å². The highest BCUT2D eigenvalue weighted by Crippen LogP contribution is 2.32. The van der Waals surface area contributed by atoms with Crippen molar-refractivity contribution < 1.29 is 23.9 Å². The second-order valence-electron chi connectivity index (χ2n) is 18.3. The number of rotatable bonds is 19. The molecule has 0 saturated carbocycles. The van der Waals surface area contributed by atoms with E-state index < -0.39 is 15.1 Å². The number of nitrogens with two attached hydrogens (primary N) is 1. The zero-order valence-corrected chi connectivity index (χ0v) is 48.0. The zero-order chi connectivity index (χ0) is 54.0. The van der Waals surface area contributed by atoms with Crippen LogP contribution in [0.25, 0.3) is 0 Å². The third-order valence-corrected chi connectivity index (χ3v) is 14.8. The van der Waals surface area contributed by atoms with Gasteiger partial charge in [0.25, 0.3) is 0 Å². The van der Waals surface area contributed by atoms with Crippen LogP contribution in [-0.4, -0.2) is 61.9 Å². The van der Waals surface area contributed by atoms with E-state index >= 15 is 0 Å². The summed E-state index contributed by atoms with van der Waals surface area (Å²) >= 11 is 6.86. The molecule has 19 heteroatoms. The van der Waals surface area contributed by atoms with Crippen molar-refractivity contribution in [3.05, 3.63) is 226 Å². The van der Waals surface area contributed by atoms with Gasteiger partial charge in [0.15, 0.2) is 0 Å². The van der Waals surface area contributed by atoms with Gasteiger partial charge in [-0.05, 0) is 140 Å². The van der Waals surface area contributed by atoms with Crippen LogP contribution in [-0.2, 0) is 18.9 Å².